The van der Waals surface area contributed by atoms with Crippen molar-refractivity contribution in [3.8, 4) is 0 Å². The molecule has 0 bridgehead atoms. The first-order valence-electron chi connectivity index (χ1n) is 7.91. The number of amides is 3. The van der Waals surface area contributed by atoms with Gasteiger partial charge in [0.2, 0.25) is 5.91 Å². The van der Waals surface area contributed by atoms with Crippen LogP contribution in [0.3, 0.4) is 0 Å². The number of hydrogen-bond acceptors (Lipinski definition) is 5. The number of carbonyl (C=O) groups excluding carboxylic acids is 2. The van der Waals surface area contributed by atoms with Gasteiger partial charge in [0.15, 0.2) is 5.13 Å². The minimum atomic E-state index is -0.237. The molecule has 2 rings (SSSR count). The number of anilines is 1. The first kappa shape index (κ1) is 17.7. The van der Waals surface area contributed by atoms with Crippen LogP contribution in [-0.4, -0.2) is 47.0 Å². The average Bonchev–Trinajstić information content (AvgIpc) is 2.77. The quantitative estimate of drug-likeness (QED) is 0.760. The number of thiazole rings is 1. The topological polar surface area (TPSA) is 86.4 Å². The molecule has 0 saturated heterocycles. The van der Waals surface area contributed by atoms with Crippen LogP contribution in [0.4, 0.5) is 9.93 Å². The molecule has 23 heavy (non-hydrogen) atoms. The van der Waals surface area contributed by atoms with Gasteiger partial charge in [-0.05, 0) is 27.7 Å². The number of carbonyl (C=O) groups is 2. The van der Waals surface area contributed by atoms with Gasteiger partial charge in [0.1, 0.15) is 0 Å². The van der Waals surface area contributed by atoms with Gasteiger partial charge >= 0.3 is 6.03 Å². The van der Waals surface area contributed by atoms with Crippen molar-refractivity contribution < 1.29 is 9.59 Å². The Morgan fingerprint density at radius 3 is 2.57 bits per heavy atom. The molecule has 1 aliphatic heterocycles. The molecule has 0 saturated carbocycles. The highest BCUT2D eigenvalue weighted by Crippen LogP contribution is 2.28. The van der Waals surface area contributed by atoms with Crippen LogP contribution in [0.5, 0.6) is 0 Å². The Morgan fingerprint density at radius 2 is 1.91 bits per heavy atom. The van der Waals surface area contributed by atoms with Crippen molar-refractivity contribution in [2.75, 3.05) is 18.4 Å². The van der Waals surface area contributed by atoms with Crippen molar-refractivity contribution in [1.82, 2.24) is 20.5 Å². The zero-order chi connectivity index (χ0) is 17.0. The zero-order valence-electron chi connectivity index (χ0n) is 14.1. The minimum absolute atomic E-state index is 0.0441. The number of nitrogens with zero attached hydrogens (tertiary/aromatic N) is 2. The predicted octanol–water partition coefficient (Wildman–Crippen LogP) is 1.56. The fourth-order valence-corrected chi connectivity index (χ4v) is 3.45. The Morgan fingerprint density at radius 1 is 1.22 bits per heavy atom. The van der Waals surface area contributed by atoms with Crippen molar-refractivity contribution in [3.63, 3.8) is 0 Å². The molecule has 0 atom stereocenters. The molecule has 1 aliphatic rings. The van der Waals surface area contributed by atoms with E-state index in [1.54, 1.807) is 0 Å². The Hall–Kier alpha value is -1.67. The van der Waals surface area contributed by atoms with Crippen LogP contribution >= 0.6 is 11.3 Å². The molecule has 0 aromatic carbocycles. The van der Waals surface area contributed by atoms with Gasteiger partial charge in [-0.25, -0.2) is 9.78 Å². The molecule has 0 fully saturated rings. The molecule has 0 unspecified atom stereocenters. The van der Waals surface area contributed by atoms with Gasteiger partial charge in [0, 0.05) is 36.5 Å². The van der Waals surface area contributed by atoms with Crippen molar-refractivity contribution in [2.24, 2.45) is 0 Å². The van der Waals surface area contributed by atoms with Gasteiger partial charge in [-0.3, -0.25) is 15.0 Å². The molecule has 0 spiro atoms. The highest BCUT2D eigenvalue weighted by atomic mass is 32.1. The maximum atomic E-state index is 11.9. The van der Waals surface area contributed by atoms with Crippen molar-refractivity contribution in [3.05, 3.63) is 10.6 Å². The van der Waals surface area contributed by atoms with Crippen molar-refractivity contribution in [1.29, 1.82) is 0 Å². The summed E-state index contributed by atoms with van der Waals surface area (Å²) in [4.78, 5) is 31.3. The standard InChI is InChI=1S/C15H25N5O2S/c1-9(2)16-13(21)8-20-6-5-11-12(7-20)23-15(18-11)19-14(22)17-10(3)4/h9-10H,5-8H2,1-4H3,(H,16,21)(H2,17,18,19,22). The summed E-state index contributed by atoms with van der Waals surface area (Å²) in [5, 5.41) is 9.07. The van der Waals surface area contributed by atoms with Crippen LogP contribution in [0.2, 0.25) is 0 Å². The molecule has 3 amide bonds. The second-order valence-corrected chi connectivity index (χ2v) is 7.41. The maximum Gasteiger partial charge on any atom is 0.321 e. The van der Waals surface area contributed by atoms with E-state index in [-0.39, 0.29) is 24.0 Å². The minimum Gasteiger partial charge on any atom is -0.353 e. The molecule has 0 aliphatic carbocycles. The Bertz CT molecular complexity index is 570. The van der Waals surface area contributed by atoms with Crippen LogP contribution in [0.25, 0.3) is 0 Å². The summed E-state index contributed by atoms with van der Waals surface area (Å²) in [6, 6.07) is 0.000315. The molecule has 7 nitrogen and oxygen atoms in total. The van der Waals surface area contributed by atoms with Crippen molar-refractivity contribution in [2.45, 2.75) is 52.7 Å². The maximum absolute atomic E-state index is 11.9. The van der Waals surface area contributed by atoms with E-state index in [1.165, 1.54) is 11.3 Å². The number of nitrogens with one attached hydrogen (secondary N) is 3. The summed E-state index contributed by atoms with van der Waals surface area (Å²) in [7, 11) is 0. The third kappa shape index (κ3) is 5.47. The highest BCUT2D eigenvalue weighted by Gasteiger charge is 2.23. The van der Waals surface area contributed by atoms with E-state index in [9.17, 15) is 9.59 Å². The van der Waals surface area contributed by atoms with E-state index in [0.29, 0.717) is 18.2 Å². The van der Waals surface area contributed by atoms with Crippen LogP contribution in [-0.2, 0) is 17.8 Å². The molecule has 3 N–H and O–H groups in total. The number of fused-ring (bicyclic) bond motifs is 1. The molecule has 2 heterocycles. The van der Waals surface area contributed by atoms with E-state index in [4.69, 9.17) is 0 Å². The van der Waals surface area contributed by atoms with E-state index in [0.717, 1.165) is 23.5 Å². The fraction of sp³-hybridized carbons (Fsp3) is 0.667. The summed E-state index contributed by atoms with van der Waals surface area (Å²) in [6.45, 7) is 9.63. The molecule has 0 radical (unpaired) electrons. The summed E-state index contributed by atoms with van der Waals surface area (Å²) < 4.78 is 0. The van der Waals surface area contributed by atoms with E-state index in [2.05, 4.69) is 25.8 Å². The third-order valence-electron chi connectivity index (χ3n) is 3.27. The van der Waals surface area contributed by atoms with E-state index in [1.807, 2.05) is 27.7 Å². The Kier molecular flexibility index (Phi) is 5.95. The second-order valence-electron chi connectivity index (χ2n) is 6.32. The lowest BCUT2D eigenvalue weighted by Gasteiger charge is -2.25. The van der Waals surface area contributed by atoms with Crippen LogP contribution < -0.4 is 16.0 Å². The lowest BCUT2D eigenvalue weighted by molar-refractivity contribution is -0.122. The smallest absolute Gasteiger partial charge is 0.321 e. The molecular formula is C15H25N5O2S. The lowest BCUT2D eigenvalue weighted by atomic mass is 10.2. The average molecular weight is 339 g/mol. The van der Waals surface area contributed by atoms with Crippen LogP contribution in [0.15, 0.2) is 0 Å². The second kappa shape index (κ2) is 7.74. The van der Waals surface area contributed by atoms with Gasteiger partial charge in [-0.15, -0.1) is 11.3 Å². The first-order valence-corrected chi connectivity index (χ1v) is 8.73. The van der Waals surface area contributed by atoms with Gasteiger partial charge < -0.3 is 10.6 Å². The van der Waals surface area contributed by atoms with Gasteiger partial charge in [-0.1, -0.05) is 0 Å². The molecule has 1 aromatic heterocycles. The number of hydrogen-bond donors (Lipinski definition) is 3. The molecule has 1 aromatic rings. The van der Waals surface area contributed by atoms with E-state index >= 15 is 0 Å². The number of rotatable bonds is 5. The van der Waals surface area contributed by atoms with E-state index < -0.39 is 0 Å². The highest BCUT2D eigenvalue weighted by molar-refractivity contribution is 7.15. The monoisotopic (exact) mass is 339 g/mol. The van der Waals surface area contributed by atoms with Gasteiger partial charge in [0.05, 0.1) is 12.2 Å². The largest absolute Gasteiger partial charge is 0.353 e. The number of urea groups is 1. The lowest BCUT2D eigenvalue weighted by Crippen LogP contribution is -2.41. The SMILES string of the molecule is CC(C)NC(=O)CN1CCc2nc(NC(=O)NC(C)C)sc2C1. The summed E-state index contributed by atoms with van der Waals surface area (Å²) in [6.07, 6.45) is 0.800. The zero-order valence-corrected chi connectivity index (χ0v) is 14.9. The predicted molar refractivity (Wildman–Crippen MR) is 91.7 cm³/mol. The Balaban J connectivity index is 1.91. The normalized spacial score (nSPS) is 14.7. The summed E-state index contributed by atoms with van der Waals surface area (Å²) in [5.74, 6) is 0.0441. The molecule has 128 valence electrons. The van der Waals surface area contributed by atoms with Crippen molar-refractivity contribution >= 4 is 28.4 Å². The third-order valence-corrected chi connectivity index (χ3v) is 4.27. The van der Waals surface area contributed by atoms with Crippen LogP contribution in [0.1, 0.15) is 38.3 Å². The fourth-order valence-electron chi connectivity index (χ4n) is 2.40. The van der Waals surface area contributed by atoms with Gasteiger partial charge in [0.25, 0.3) is 0 Å². The first-order chi connectivity index (χ1) is 10.8. The van der Waals surface area contributed by atoms with Crippen LogP contribution in [0, 0.1) is 0 Å². The number of aromatic nitrogens is 1. The van der Waals surface area contributed by atoms with Gasteiger partial charge in [-0.2, -0.15) is 0 Å². The summed E-state index contributed by atoms with van der Waals surface area (Å²) >= 11 is 1.48. The molecule has 8 heteroatoms. The Labute approximate surface area is 140 Å². The summed E-state index contributed by atoms with van der Waals surface area (Å²) in [5.41, 5.74) is 1.02. The molecular weight excluding hydrogens is 314 g/mol.